The molecule has 0 radical (unpaired) electrons. The molecule has 2 aliphatic rings. The molecule has 0 saturated carbocycles. The fourth-order valence-corrected chi connectivity index (χ4v) is 7.02. The number of anilines is 2. The average molecular weight is 685 g/mol. The summed E-state index contributed by atoms with van der Waals surface area (Å²) in [5, 5.41) is 0. The summed E-state index contributed by atoms with van der Waals surface area (Å²) < 4.78 is 96.4. The molecule has 49 heavy (non-hydrogen) atoms. The zero-order valence-corrected chi connectivity index (χ0v) is 27.3. The average Bonchev–Trinajstić information content (AvgIpc) is 3.64. The molecule has 4 aromatic rings. The molecular weight excluding hydrogens is 649 g/mol. The van der Waals surface area contributed by atoms with E-state index in [-0.39, 0.29) is 17.8 Å². The van der Waals surface area contributed by atoms with E-state index in [1.54, 1.807) is 13.0 Å². The Morgan fingerprint density at radius 1 is 0.837 bits per heavy atom. The second-order valence-corrected chi connectivity index (χ2v) is 13.4. The molecule has 2 aliphatic heterocycles. The number of piperazine rings is 1. The number of amides is 1. The Labute approximate surface area is 280 Å². The number of rotatable bonds is 7. The van der Waals surface area contributed by atoms with Gasteiger partial charge < -0.3 is 9.80 Å². The molecule has 258 valence electrons. The standard InChI is InChI=1S/C37H35F7N4O/c1-22-12-27(38)10-11-30(22)31-17-33(48-21-28-16-29(48)20-47(28)19-23-8-6-5-7-9-23)45-18-32(31)46(4)34(49)35(2,3)24-13-25(36(39,40)41)15-26(14-24)37(42,43)44/h5-15,17-18,28-29H,16,19-21H2,1-4H3/t28-,29-/m0/s1. The van der Waals surface area contributed by atoms with Gasteiger partial charge in [0.05, 0.1) is 28.4 Å². The second-order valence-electron chi connectivity index (χ2n) is 13.4. The zero-order chi connectivity index (χ0) is 35.5. The van der Waals surface area contributed by atoms with E-state index in [1.165, 1.54) is 49.7 Å². The minimum atomic E-state index is -5.07. The molecule has 3 heterocycles. The molecule has 2 fully saturated rings. The van der Waals surface area contributed by atoms with Crippen molar-refractivity contribution in [1.82, 2.24) is 9.88 Å². The van der Waals surface area contributed by atoms with Gasteiger partial charge in [0.15, 0.2) is 0 Å². The molecular formula is C37H35F7N4O. The predicted molar refractivity (Wildman–Crippen MR) is 174 cm³/mol. The SMILES string of the molecule is Cc1cc(F)ccc1-c1cc(N2C[C@@H]3C[C@H]2CN3Cc2ccccc2)ncc1N(C)C(=O)C(C)(C)c1cc(C(F)(F)F)cc(C(F)(F)F)c1. The van der Waals surface area contributed by atoms with Crippen molar-refractivity contribution in [2.75, 3.05) is 29.9 Å². The molecule has 12 heteroatoms. The van der Waals surface area contributed by atoms with Crippen LogP contribution in [0.1, 0.15) is 48.1 Å². The lowest BCUT2D eigenvalue weighted by atomic mass is 9.81. The van der Waals surface area contributed by atoms with E-state index in [1.807, 2.05) is 24.3 Å². The van der Waals surface area contributed by atoms with Gasteiger partial charge in [0, 0.05) is 44.3 Å². The molecule has 5 nitrogen and oxygen atoms in total. The number of hydrogen-bond donors (Lipinski definition) is 0. The van der Waals surface area contributed by atoms with Crippen LogP contribution in [-0.4, -0.2) is 48.0 Å². The van der Waals surface area contributed by atoms with E-state index >= 15 is 0 Å². The minimum absolute atomic E-state index is 0.0394. The van der Waals surface area contributed by atoms with Gasteiger partial charge in [-0.15, -0.1) is 0 Å². The third-order valence-electron chi connectivity index (χ3n) is 9.73. The zero-order valence-electron chi connectivity index (χ0n) is 27.3. The molecule has 0 unspecified atom stereocenters. The minimum Gasteiger partial charge on any atom is -0.351 e. The summed E-state index contributed by atoms with van der Waals surface area (Å²) in [5.41, 5.74) is -2.06. The summed E-state index contributed by atoms with van der Waals surface area (Å²) in [6, 6.07) is 18.0. The first-order valence-corrected chi connectivity index (χ1v) is 15.8. The lowest BCUT2D eigenvalue weighted by molar-refractivity contribution is -0.143. The van der Waals surface area contributed by atoms with Crippen LogP contribution in [0.15, 0.2) is 79.0 Å². The third kappa shape index (κ3) is 6.75. The van der Waals surface area contributed by atoms with Crippen LogP contribution < -0.4 is 9.80 Å². The van der Waals surface area contributed by atoms with Crippen molar-refractivity contribution in [3.8, 4) is 11.1 Å². The summed E-state index contributed by atoms with van der Waals surface area (Å²) >= 11 is 0. The van der Waals surface area contributed by atoms with E-state index in [2.05, 4.69) is 21.9 Å². The lowest BCUT2D eigenvalue weighted by Crippen LogP contribution is -2.46. The highest BCUT2D eigenvalue weighted by atomic mass is 19.4. The Morgan fingerprint density at radius 3 is 2.04 bits per heavy atom. The van der Waals surface area contributed by atoms with E-state index < -0.39 is 46.2 Å². The molecule has 0 N–H and O–H groups in total. The van der Waals surface area contributed by atoms with Gasteiger partial charge in [-0.25, -0.2) is 9.37 Å². The van der Waals surface area contributed by atoms with Gasteiger partial charge >= 0.3 is 12.4 Å². The number of alkyl halides is 6. The second kappa shape index (κ2) is 12.5. The van der Waals surface area contributed by atoms with E-state index in [4.69, 9.17) is 4.98 Å². The molecule has 0 aliphatic carbocycles. The van der Waals surface area contributed by atoms with Gasteiger partial charge in [-0.3, -0.25) is 9.69 Å². The Morgan fingerprint density at radius 2 is 1.47 bits per heavy atom. The Balaban J connectivity index is 1.35. The highest BCUT2D eigenvalue weighted by molar-refractivity contribution is 6.03. The highest BCUT2D eigenvalue weighted by Gasteiger charge is 2.44. The van der Waals surface area contributed by atoms with E-state index in [9.17, 15) is 35.5 Å². The number of halogens is 7. The van der Waals surface area contributed by atoms with Crippen LogP contribution in [0.5, 0.6) is 0 Å². The summed E-state index contributed by atoms with van der Waals surface area (Å²) in [6.45, 7) is 6.68. The number of aryl methyl sites for hydroxylation is 1. The van der Waals surface area contributed by atoms with Crippen molar-refractivity contribution < 1.29 is 35.5 Å². The Bertz CT molecular complexity index is 1840. The smallest absolute Gasteiger partial charge is 0.351 e. The van der Waals surface area contributed by atoms with Crippen LogP contribution in [0.4, 0.5) is 42.2 Å². The normalized spacial score (nSPS) is 18.3. The van der Waals surface area contributed by atoms with Crippen molar-refractivity contribution in [2.45, 2.75) is 63.6 Å². The number of pyridine rings is 1. The maximum absolute atomic E-state index is 14.2. The Kier molecular flexibility index (Phi) is 8.75. The van der Waals surface area contributed by atoms with Crippen molar-refractivity contribution in [1.29, 1.82) is 0 Å². The summed E-state index contributed by atoms with van der Waals surface area (Å²) in [4.78, 5) is 24.7. The molecule has 2 bridgehead atoms. The van der Waals surface area contributed by atoms with Crippen LogP contribution >= 0.6 is 0 Å². The van der Waals surface area contributed by atoms with Crippen LogP contribution in [0.25, 0.3) is 11.1 Å². The van der Waals surface area contributed by atoms with E-state index in [0.29, 0.717) is 40.7 Å². The largest absolute Gasteiger partial charge is 0.416 e. The molecule has 2 saturated heterocycles. The number of likely N-dealkylation sites (N-methyl/N-ethyl adjacent to an activating group) is 1. The number of nitrogens with zero attached hydrogens (tertiary/aromatic N) is 4. The first-order chi connectivity index (χ1) is 22.9. The fourth-order valence-electron chi connectivity index (χ4n) is 7.02. The first kappa shape index (κ1) is 34.4. The van der Waals surface area contributed by atoms with Crippen molar-refractivity contribution in [3.05, 3.63) is 113 Å². The van der Waals surface area contributed by atoms with Crippen molar-refractivity contribution >= 4 is 17.4 Å². The van der Waals surface area contributed by atoms with Crippen molar-refractivity contribution in [2.24, 2.45) is 0 Å². The molecule has 3 aromatic carbocycles. The number of aromatic nitrogens is 1. The van der Waals surface area contributed by atoms with Gasteiger partial charge in [0.1, 0.15) is 11.6 Å². The Hall–Kier alpha value is -4.45. The van der Waals surface area contributed by atoms with Gasteiger partial charge in [-0.2, -0.15) is 26.3 Å². The van der Waals surface area contributed by atoms with Crippen LogP contribution in [-0.2, 0) is 29.1 Å². The van der Waals surface area contributed by atoms with Gasteiger partial charge in [0.25, 0.3) is 0 Å². The molecule has 1 amide bonds. The summed E-state index contributed by atoms with van der Waals surface area (Å²) in [5.74, 6) is -0.558. The predicted octanol–water partition coefficient (Wildman–Crippen LogP) is 8.64. The molecule has 2 atom stereocenters. The summed E-state index contributed by atoms with van der Waals surface area (Å²) in [6.07, 6.45) is -7.70. The van der Waals surface area contributed by atoms with Crippen LogP contribution in [0.3, 0.4) is 0 Å². The highest BCUT2D eigenvalue weighted by Crippen LogP contribution is 2.42. The fraction of sp³-hybridized carbons (Fsp3) is 0.351. The number of carbonyl (C=O) groups is 1. The van der Waals surface area contributed by atoms with Crippen LogP contribution in [0.2, 0.25) is 0 Å². The quantitative estimate of drug-likeness (QED) is 0.183. The maximum atomic E-state index is 14.2. The van der Waals surface area contributed by atoms with Crippen molar-refractivity contribution in [3.63, 3.8) is 0 Å². The van der Waals surface area contributed by atoms with Gasteiger partial charge in [-0.1, -0.05) is 36.4 Å². The maximum Gasteiger partial charge on any atom is 0.416 e. The monoisotopic (exact) mass is 684 g/mol. The van der Waals surface area contributed by atoms with E-state index in [0.717, 1.165) is 26.1 Å². The topological polar surface area (TPSA) is 39.7 Å². The molecule has 6 rings (SSSR count). The third-order valence-corrected chi connectivity index (χ3v) is 9.73. The van der Waals surface area contributed by atoms with Gasteiger partial charge in [0.2, 0.25) is 5.91 Å². The lowest BCUT2D eigenvalue weighted by Gasteiger charge is -2.36. The first-order valence-electron chi connectivity index (χ1n) is 15.8. The number of carbonyl (C=O) groups excluding carboxylic acids is 1. The molecule has 0 spiro atoms. The summed E-state index contributed by atoms with van der Waals surface area (Å²) in [7, 11) is 1.40. The van der Waals surface area contributed by atoms with Gasteiger partial charge in [-0.05, 0) is 85.8 Å². The number of benzene rings is 3. The number of likely N-dealkylation sites (tertiary alicyclic amines) is 1. The molecule has 1 aromatic heterocycles. The number of hydrogen-bond acceptors (Lipinski definition) is 4. The number of fused-ring (bicyclic) bond motifs is 2. The van der Waals surface area contributed by atoms with Crippen LogP contribution in [0, 0.1) is 12.7 Å².